The lowest BCUT2D eigenvalue weighted by molar-refractivity contribution is -0.468. The predicted molar refractivity (Wildman–Crippen MR) is 53.7 cm³/mol. The molecule has 13 heavy (non-hydrogen) atoms. The average Bonchev–Trinajstić information content (AvgIpc) is 2.56. The highest BCUT2D eigenvalue weighted by Gasteiger charge is 2.33. The zero-order valence-corrected chi connectivity index (χ0v) is 7.48. The molecule has 0 saturated carbocycles. The lowest BCUT2D eigenvalue weighted by atomic mass is 10.1. The van der Waals surface area contributed by atoms with E-state index < -0.39 is 0 Å². The highest BCUT2D eigenvalue weighted by atomic mass is 15.1. The maximum Gasteiger partial charge on any atom is 0.208 e. The molecule has 1 heteroatoms. The standard InChI is InChI=1S/C12H12N/c1-2-7-12-10(5-1)9-11-6-3-4-8-13(11)12/h1-5,7-8,11H,6,9H2/q+1. The maximum absolute atomic E-state index is 2.40. The molecule has 1 aromatic carbocycles. The van der Waals surface area contributed by atoms with E-state index in [2.05, 4.69) is 47.2 Å². The van der Waals surface area contributed by atoms with Crippen molar-refractivity contribution < 1.29 is 4.58 Å². The molecular formula is C12H12N+. The van der Waals surface area contributed by atoms with Gasteiger partial charge in [0, 0.05) is 24.5 Å². The fourth-order valence-electron chi connectivity index (χ4n) is 2.27. The van der Waals surface area contributed by atoms with Crippen molar-refractivity contribution in [2.75, 3.05) is 0 Å². The normalized spacial score (nSPS) is 23.7. The van der Waals surface area contributed by atoms with Crippen LogP contribution >= 0.6 is 0 Å². The Balaban J connectivity index is 2.18. The maximum atomic E-state index is 2.40. The van der Waals surface area contributed by atoms with Crippen molar-refractivity contribution in [2.24, 2.45) is 0 Å². The van der Waals surface area contributed by atoms with Gasteiger partial charge in [-0.25, -0.2) is 0 Å². The van der Waals surface area contributed by atoms with E-state index in [0.717, 1.165) is 0 Å². The lowest BCUT2D eigenvalue weighted by Gasteiger charge is -2.06. The molecular weight excluding hydrogens is 158 g/mol. The Morgan fingerprint density at radius 2 is 2.15 bits per heavy atom. The molecule has 0 bridgehead atoms. The van der Waals surface area contributed by atoms with Crippen molar-refractivity contribution in [3.63, 3.8) is 0 Å². The van der Waals surface area contributed by atoms with Crippen molar-refractivity contribution in [1.82, 2.24) is 0 Å². The molecule has 0 aromatic heterocycles. The Morgan fingerprint density at radius 3 is 3.15 bits per heavy atom. The second-order valence-corrected chi connectivity index (χ2v) is 3.71. The van der Waals surface area contributed by atoms with E-state index in [0.29, 0.717) is 6.04 Å². The molecule has 1 unspecified atom stereocenters. The van der Waals surface area contributed by atoms with Crippen LogP contribution in [0.15, 0.2) is 36.4 Å². The SMILES string of the molecule is C1=CCC2Cc3ccccc3[N+]2=C1. The highest BCUT2D eigenvalue weighted by molar-refractivity contribution is 5.69. The van der Waals surface area contributed by atoms with Gasteiger partial charge >= 0.3 is 0 Å². The van der Waals surface area contributed by atoms with Gasteiger partial charge in [-0.2, -0.15) is 4.58 Å². The molecule has 0 radical (unpaired) electrons. The van der Waals surface area contributed by atoms with Crippen LogP contribution in [0, 0.1) is 0 Å². The zero-order chi connectivity index (χ0) is 8.67. The second-order valence-electron chi connectivity index (χ2n) is 3.71. The fourth-order valence-corrected chi connectivity index (χ4v) is 2.27. The van der Waals surface area contributed by atoms with Crippen LogP contribution < -0.4 is 0 Å². The van der Waals surface area contributed by atoms with Gasteiger partial charge in [0.15, 0.2) is 12.3 Å². The summed E-state index contributed by atoms with van der Waals surface area (Å²) in [6.07, 6.45) is 8.99. The number of hydrogen-bond donors (Lipinski definition) is 0. The van der Waals surface area contributed by atoms with Crippen molar-refractivity contribution in [3.8, 4) is 0 Å². The molecule has 64 valence electrons. The number of allylic oxidation sites excluding steroid dienone is 1. The van der Waals surface area contributed by atoms with Gasteiger partial charge in [-0.3, -0.25) is 0 Å². The summed E-state index contributed by atoms with van der Waals surface area (Å²) < 4.78 is 2.40. The molecule has 0 spiro atoms. The molecule has 2 aliphatic rings. The summed E-state index contributed by atoms with van der Waals surface area (Å²) in [7, 11) is 0. The first kappa shape index (κ1) is 7.07. The molecule has 1 nitrogen and oxygen atoms in total. The Morgan fingerprint density at radius 1 is 1.23 bits per heavy atom. The summed E-state index contributed by atoms with van der Waals surface area (Å²) in [5.74, 6) is 0. The summed E-state index contributed by atoms with van der Waals surface area (Å²) in [4.78, 5) is 0. The first-order valence-corrected chi connectivity index (χ1v) is 4.81. The van der Waals surface area contributed by atoms with Gasteiger partial charge < -0.3 is 0 Å². The number of nitrogens with zero attached hydrogens (tertiary/aromatic N) is 1. The van der Waals surface area contributed by atoms with E-state index in [1.54, 1.807) is 0 Å². The number of para-hydroxylation sites is 1. The Hall–Kier alpha value is -1.37. The minimum atomic E-state index is 0.683. The number of rotatable bonds is 0. The molecule has 0 aliphatic carbocycles. The lowest BCUT2D eigenvalue weighted by Crippen LogP contribution is -2.20. The Labute approximate surface area is 78.0 Å². The fraction of sp³-hybridized carbons (Fsp3) is 0.250. The van der Waals surface area contributed by atoms with E-state index in [1.807, 2.05) is 0 Å². The van der Waals surface area contributed by atoms with Crippen LogP contribution in [0.3, 0.4) is 0 Å². The largest absolute Gasteiger partial charge is 0.208 e. The van der Waals surface area contributed by atoms with E-state index in [1.165, 1.54) is 24.1 Å². The van der Waals surface area contributed by atoms with Gasteiger partial charge in [0.25, 0.3) is 0 Å². The average molecular weight is 170 g/mol. The Kier molecular flexibility index (Phi) is 1.39. The van der Waals surface area contributed by atoms with Crippen molar-refractivity contribution in [2.45, 2.75) is 18.9 Å². The summed E-state index contributed by atoms with van der Waals surface area (Å²) in [5.41, 5.74) is 2.89. The summed E-state index contributed by atoms with van der Waals surface area (Å²) >= 11 is 0. The van der Waals surface area contributed by atoms with Crippen LogP contribution in [-0.4, -0.2) is 16.8 Å². The van der Waals surface area contributed by atoms with Gasteiger partial charge in [0.2, 0.25) is 5.69 Å². The molecule has 1 aromatic rings. The third-order valence-electron chi connectivity index (χ3n) is 2.91. The van der Waals surface area contributed by atoms with Crippen LogP contribution in [0.5, 0.6) is 0 Å². The molecule has 0 saturated heterocycles. The van der Waals surface area contributed by atoms with Gasteiger partial charge in [-0.15, -0.1) is 0 Å². The van der Waals surface area contributed by atoms with Crippen LogP contribution in [0.25, 0.3) is 0 Å². The molecule has 2 aliphatic heterocycles. The quantitative estimate of drug-likeness (QED) is 0.525. The van der Waals surface area contributed by atoms with Crippen molar-refractivity contribution in [1.29, 1.82) is 0 Å². The smallest absolute Gasteiger partial charge is 0.195 e. The predicted octanol–water partition coefficient (Wildman–Crippen LogP) is 2.29. The van der Waals surface area contributed by atoms with E-state index in [-0.39, 0.29) is 0 Å². The van der Waals surface area contributed by atoms with E-state index in [4.69, 9.17) is 0 Å². The molecule has 0 N–H and O–H groups in total. The minimum Gasteiger partial charge on any atom is -0.195 e. The van der Waals surface area contributed by atoms with Gasteiger partial charge in [0.1, 0.15) is 0 Å². The summed E-state index contributed by atoms with van der Waals surface area (Å²) in [6, 6.07) is 9.38. The van der Waals surface area contributed by atoms with Crippen LogP contribution in [0.2, 0.25) is 0 Å². The molecule has 1 atom stereocenters. The third kappa shape index (κ3) is 0.966. The summed E-state index contributed by atoms with van der Waals surface area (Å²) in [5, 5.41) is 0. The van der Waals surface area contributed by atoms with Crippen molar-refractivity contribution >= 4 is 11.9 Å². The van der Waals surface area contributed by atoms with Gasteiger partial charge in [-0.05, 0) is 6.08 Å². The van der Waals surface area contributed by atoms with E-state index in [9.17, 15) is 0 Å². The monoisotopic (exact) mass is 170 g/mol. The first-order valence-electron chi connectivity index (χ1n) is 4.81. The molecule has 0 amide bonds. The Bertz CT molecular complexity index is 401. The van der Waals surface area contributed by atoms with Crippen molar-refractivity contribution in [3.05, 3.63) is 42.0 Å². The van der Waals surface area contributed by atoms with Crippen LogP contribution in [-0.2, 0) is 6.42 Å². The number of fused-ring (bicyclic) bond motifs is 3. The molecule has 2 heterocycles. The topological polar surface area (TPSA) is 3.01 Å². The highest BCUT2D eigenvalue weighted by Crippen LogP contribution is 2.32. The number of benzene rings is 1. The number of hydrogen-bond acceptors (Lipinski definition) is 0. The van der Waals surface area contributed by atoms with E-state index >= 15 is 0 Å². The van der Waals surface area contributed by atoms with Crippen LogP contribution in [0.1, 0.15) is 12.0 Å². The van der Waals surface area contributed by atoms with Gasteiger partial charge in [-0.1, -0.05) is 24.3 Å². The zero-order valence-electron chi connectivity index (χ0n) is 7.48. The second kappa shape index (κ2) is 2.56. The third-order valence-corrected chi connectivity index (χ3v) is 2.91. The summed E-state index contributed by atoms with van der Waals surface area (Å²) in [6.45, 7) is 0. The van der Waals surface area contributed by atoms with Crippen LogP contribution in [0.4, 0.5) is 5.69 Å². The minimum absolute atomic E-state index is 0.683. The first-order chi connectivity index (χ1) is 6.45. The molecule has 3 rings (SSSR count). The van der Waals surface area contributed by atoms with Gasteiger partial charge in [0.05, 0.1) is 0 Å². The molecule has 0 fully saturated rings.